The van der Waals surface area contributed by atoms with Gasteiger partial charge < -0.3 is 10.1 Å². The standard InChI is InChI=1S/C21H19N5O2S/c1-2-28-18-9-4-3-7-16(18)21-24-15(14-29-21)13-19(27)25-17-8-5-10-22-20(17)26-12-6-11-23-26/h3-12,14H,2,13H2,1H3,(H,25,27). The summed E-state index contributed by atoms with van der Waals surface area (Å²) < 4.78 is 7.29. The third-order valence-corrected chi connectivity index (χ3v) is 5.02. The number of hydrogen-bond donors (Lipinski definition) is 1. The summed E-state index contributed by atoms with van der Waals surface area (Å²) in [6.07, 6.45) is 5.27. The number of rotatable bonds is 7. The van der Waals surface area contributed by atoms with E-state index in [-0.39, 0.29) is 12.3 Å². The summed E-state index contributed by atoms with van der Waals surface area (Å²) in [6.45, 7) is 2.53. The normalized spacial score (nSPS) is 10.7. The van der Waals surface area contributed by atoms with Crippen LogP contribution in [0.4, 0.5) is 5.69 Å². The van der Waals surface area contributed by atoms with Gasteiger partial charge >= 0.3 is 0 Å². The second-order valence-corrected chi connectivity index (χ2v) is 6.98. The first-order valence-corrected chi connectivity index (χ1v) is 10.0. The van der Waals surface area contributed by atoms with Crippen molar-refractivity contribution in [2.45, 2.75) is 13.3 Å². The molecule has 3 aromatic heterocycles. The van der Waals surface area contributed by atoms with Crippen molar-refractivity contribution in [1.29, 1.82) is 0 Å². The van der Waals surface area contributed by atoms with Gasteiger partial charge in [-0.05, 0) is 37.3 Å². The predicted molar refractivity (Wildman–Crippen MR) is 112 cm³/mol. The molecule has 8 heteroatoms. The fourth-order valence-corrected chi connectivity index (χ4v) is 3.72. The first kappa shape index (κ1) is 18.8. The Morgan fingerprint density at radius 2 is 2.07 bits per heavy atom. The topological polar surface area (TPSA) is 81.9 Å². The van der Waals surface area contributed by atoms with E-state index >= 15 is 0 Å². The fraction of sp³-hybridized carbons (Fsp3) is 0.143. The summed E-state index contributed by atoms with van der Waals surface area (Å²) in [4.78, 5) is 21.5. The van der Waals surface area contributed by atoms with Crippen LogP contribution in [0.15, 0.2) is 66.4 Å². The maximum atomic E-state index is 12.6. The lowest BCUT2D eigenvalue weighted by atomic mass is 10.2. The maximum Gasteiger partial charge on any atom is 0.230 e. The van der Waals surface area contributed by atoms with Gasteiger partial charge in [-0.2, -0.15) is 5.10 Å². The third kappa shape index (κ3) is 4.33. The predicted octanol–water partition coefficient (Wildman–Crippen LogP) is 3.97. The van der Waals surface area contributed by atoms with E-state index in [1.165, 1.54) is 11.3 Å². The molecular formula is C21H19N5O2S. The average molecular weight is 405 g/mol. The Balaban J connectivity index is 1.49. The summed E-state index contributed by atoms with van der Waals surface area (Å²) in [7, 11) is 0. The fourth-order valence-electron chi connectivity index (χ4n) is 2.87. The van der Waals surface area contributed by atoms with E-state index in [1.807, 2.05) is 36.6 Å². The first-order valence-electron chi connectivity index (χ1n) is 9.16. The number of nitrogens with zero attached hydrogens (tertiary/aromatic N) is 4. The number of thiazole rings is 1. The molecule has 0 fully saturated rings. The Morgan fingerprint density at radius 3 is 2.90 bits per heavy atom. The SMILES string of the molecule is CCOc1ccccc1-c1nc(CC(=O)Nc2cccnc2-n2cccn2)cs1. The van der Waals surface area contributed by atoms with Crippen molar-refractivity contribution in [3.63, 3.8) is 0 Å². The highest BCUT2D eigenvalue weighted by Crippen LogP contribution is 2.32. The highest BCUT2D eigenvalue weighted by molar-refractivity contribution is 7.13. The van der Waals surface area contributed by atoms with Crippen LogP contribution >= 0.6 is 11.3 Å². The molecular weight excluding hydrogens is 386 g/mol. The number of ether oxygens (including phenoxy) is 1. The molecule has 0 atom stereocenters. The van der Waals surface area contributed by atoms with Gasteiger partial charge in [0.15, 0.2) is 5.82 Å². The number of anilines is 1. The van der Waals surface area contributed by atoms with E-state index < -0.39 is 0 Å². The van der Waals surface area contributed by atoms with Crippen LogP contribution in [-0.2, 0) is 11.2 Å². The van der Waals surface area contributed by atoms with E-state index in [0.717, 1.165) is 16.3 Å². The monoisotopic (exact) mass is 405 g/mol. The van der Waals surface area contributed by atoms with Crippen LogP contribution < -0.4 is 10.1 Å². The number of hydrogen-bond acceptors (Lipinski definition) is 6. The lowest BCUT2D eigenvalue weighted by Crippen LogP contribution is -2.16. The molecule has 1 N–H and O–H groups in total. The molecule has 0 aliphatic carbocycles. The second-order valence-electron chi connectivity index (χ2n) is 6.12. The number of pyridine rings is 1. The molecule has 7 nitrogen and oxygen atoms in total. The van der Waals surface area contributed by atoms with Crippen molar-refractivity contribution in [1.82, 2.24) is 19.7 Å². The van der Waals surface area contributed by atoms with Crippen LogP contribution in [0.2, 0.25) is 0 Å². The Morgan fingerprint density at radius 1 is 1.17 bits per heavy atom. The molecule has 0 radical (unpaired) electrons. The van der Waals surface area contributed by atoms with Gasteiger partial charge in [-0.15, -0.1) is 11.3 Å². The number of aromatic nitrogens is 4. The van der Waals surface area contributed by atoms with Crippen molar-refractivity contribution >= 4 is 22.9 Å². The number of carbonyl (C=O) groups excluding carboxylic acids is 1. The molecule has 4 aromatic rings. The zero-order valence-corrected chi connectivity index (χ0v) is 16.6. The van der Waals surface area contributed by atoms with E-state index in [1.54, 1.807) is 41.5 Å². The largest absolute Gasteiger partial charge is 0.493 e. The van der Waals surface area contributed by atoms with Crippen molar-refractivity contribution in [3.8, 4) is 22.1 Å². The van der Waals surface area contributed by atoms with E-state index in [0.29, 0.717) is 23.8 Å². The van der Waals surface area contributed by atoms with Crippen LogP contribution in [0.5, 0.6) is 5.75 Å². The number of carbonyl (C=O) groups is 1. The van der Waals surface area contributed by atoms with Gasteiger partial charge in [-0.1, -0.05) is 12.1 Å². The van der Waals surface area contributed by atoms with Crippen LogP contribution in [-0.4, -0.2) is 32.3 Å². The maximum absolute atomic E-state index is 12.6. The van der Waals surface area contributed by atoms with Crippen LogP contribution in [0.1, 0.15) is 12.6 Å². The molecule has 0 bridgehead atoms. The zero-order chi connectivity index (χ0) is 20.1. The summed E-state index contributed by atoms with van der Waals surface area (Å²) in [5.74, 6) is 1.19. The molecule has 1 amide bonds. The van der Waals surface area contributed by atoms with Crippen LogP contribution in [0.25, 0.3) is 16.4 Å². The van der Waals surface area contributed by atoms with E-state index in [2.05, 4.69) is 20.4 Å². The van der Waals surface area contributed by atoms with Gasteiger partial charge in [0, 0.05) is 24.0 Å². The van der Waals surface area contributed by atoms with Crippen molar-refractivity contribution in [2.24, 2.45) is 0 Å². The minimum atomic E-state index is -0.165. The third-order valence-electron chi connectivity index (χ3n) is 4.09. The highest BCUT2D eigenvalue weighted by atomic mass is 32.1. The van der Waals surface area contributed by atoms with Gasteiger partial charge in [-0.3, -0.25) is 4.79 Å². The number of amides is 1. The summed E-state index contributed by atoms with van der Waals surface area (Å²) in [5, 5.41) is 9.81. The van der Waals surface area contributed by atoms with Crippen molar-refractivity contribution in [2.75, 3.05) is 11.9 Å². The molecule has 3 heterocycles. The van der Waals surface area contributed by atoms with Crippen molar-refractivity contribution in [3.05, 3.63) is 72.1 Å². The quantitative estimate of drug-likeness (QED) is 0.503. The number of benzene rings is 1. The lowest BCUT2D eigenvalue weighted by molar-refractivity contribution is -0.115. The zero-order valence-electron chi connectivity index (χ0n) is 15.8. The summed E-state index contributed by atoms with van der Waals surface area (Å²) in [5.41, 5.74) is 2.23. The molecule has 0 spiro atoms. The molecule has 0 unspecified atom stereocenters. The first-order chi connectivity index (χ1) is 14.2. The molecule has 1 aromatic carbocycles. The Labute approximate surface area is 172 Å². The average Bonchev–Trinajstić information content (AvgIpc) is 3.41. The van der Waals surface area contributed by atoms with Gasteiger partial charge in [0.2, 0.25) is 5.91 Å². The van der Waals surface area contributed by atoms with Gasteiger partial charge in [0.05, 0.1) is 30.0 Å². The van der Waals surface area contributed by atoms with Gasteiger partial charge in [-0.25, -0.2) is 14.6 Å². The molecule has 0 saturated carbocycles. The van der Waals surface area contributed by atoms with Crippen LogP contribution in [0.3, 0.4) is 0 Å². The van der Waals surface area contributed by atoms with Gasteiger partial charge in [0.1, 0.15) is 10.8 Å². The molecule has 4 rings (SSSR count). The second kappa shape index (κ2) is 8.66. The molecule has 0 aliphatic heterocycles. The smallest absolute Gasteiger partial charge is 0.230 e. The Bertz CT molecular complexity index is 1110. The molecule has 0 aliphatic rings. The minimum Gasteiger partial charge on any atom is -0.493 e. The molecule has 0 saturated heterocycles. The lowest BCUT2D eigenvalue weighted by Gasteiger charge is -2.09. The number of nitrogens with one attached hydrogen (secondary N) is 1. The minimum absolute atomic E-state index is 0.165. The Hall–Kier alpha value is -3.52. The van der Waals surface area contributed by atoms with E-state index in [9.17, 15) is 4.79 Å². The Kier molecular flexibility index (Phi) is 5.62. The highest BCUT2D eigenvalue weighted by Gasteiger charge is 2.14. The summed E-state index contributed by atoms with van der Waals surface area (Å²) in [6, 6.07) is 13.1. The van der Waals surface area contributed by atoms with E-state index in [4.69, 9.17) is 4.74 Å². The van der Waals surface area contributed by atoms with Gasteiger partial charge in [0.25, 0.3) is 0 Å². The molecule has 29 heavy (non-hydrogen) atoms. The van der Waals surface area contributed by atoms with Crippen molar-refractivity contribution < 1.29 is 9.53 Å². The van der Waals surface area contributed by atoms with Crippen LogP contribution in [0, 0.1) is 0 Å². The molecule has 146 valence electrons. The summed E-state index contributed by atoms with van der Waals surface area (Å²) >= 11 is 1.49. The number of para-hydroxylation sites is 1.